The van der Waals surface area contributed by atoms with Crippen molar-refractivity contribution in [3.63, 3.8) is 0 Å². The topological polar surface area (TPSA) is 20.2 Å². The van der Waals surface area contributed by atoms with Crippen molar-refractivity contribution in [3.05, 3.63) is 84.4 Å². The molecule has 0 saturated heterocycles. The van der Waals surface area contributed by atoms with E-state index in [9.17, 15) is 5.11 Å². The van der Waals surface area contributed by atoms with Gasteiger partial charge in [0.2, 0.25) is 0 Å². The van der Waals surface area contributed by atoms with Gasteiger partial charge in [0.1, 0.15) is 0 Å². The van der Waals surface area contributed by atoms with Crippen LogP contribution in [-0.2, 0) is 6.61 Å². The molecule has 0 aliphatic carbocycles. The van der Waals surface area contributed by atoms with Gasteiger partial charge < -0.3 is 5.11 Å². The van der Waals surface area contributed by atoms with Gasteiger partial charge in [-0.2, -0.15) is 0 Å². The highest BCUT2D eigenvalue weighted by Gasteiger charge is 2.12. The predicted octanol–water partition coefficient (Wildman–Crippen LogP) is 5.15. The molecule has 4 aromatic carbocycles. The molecule has 1 nitrogen and oxygen atoms in total. The first-order valence-electron chi connectivity index (χ1n) is 7.48. The first-order valence-corrected chi connectivity index (χ1v) is 7.48. The molecular formula is C21H16O. The summed E-state index contributed by atoms with van der Waals surface area (Å²) in [5.74, 6) is 0. The Labute approximate surface area is 129 Å². The SMILES string of the molecule is OCc1ccccc1-c1c2ccccc2cc2ccccc12. The van der Waals surface area contributed by atoms with Crippen LogP contribution in [0, 0.1) is 0 Å². The Kier molecular flexibility index (Phi) is 3.14. The summed E-state index contributed by atoms with van der Waals surface area (Å²) in [6.07, 6.45) is 0. The molecule has 22 heavy (non-hydrogen) atoms. The Hall–Kier alpha value is -2.64. The minimum absolute atomic E-state index is 0.0493. The fraction of sp³-hybridized carbons (Fsp3) is 0.0476. The van der Waals surface area contributed by atoms with Crippen molar-refractivity contribution in [1.82, 2.24) is 0 Å². The summed E-state index contributed by atoms with van der Waals surface area (Å²) < 4.78 is 0. The molecule has 1 heteroatoms. The molecule has 0 aliphatic rings. The molecule has 0 bridgehead atoms. The van der Waals surface area contributed by atoms with Crippen molar-refractivity contribution < 1.29 is 5.11 Å². The number of aliphatic hydroxyl groups excluding tert-OH is 1. The van der Waals surface area contributed by atoms with Crippen LogP contribution >= 0.6 is 0 Å². The van der Waals surface area contributed by atoms with Crippen molar-refractivity contribution in [3.8, 4) is 11.1 Å². The maximum absolute atomic E-state index is 9.72. The predicted molar refractivity (Wildman–Crippen MR) is 92.8 cm³/mol. The molecular weight excluding hydrogens is 268 g/mol. The monoisotopic (exact) mass is 284 g/mol. The summed E-state index contributed by atoms with van der Waals surface area (Å²) in [6.45, 7) is 0.0493. The third-order valence-electron chi connectivity index (χ3n) is 4.23. The zero-order valence-corrected chi connectivity index (χ0v) is 12.2. The second kappa shape index (κ2) is 5.28. The van der Waals surface area contributed by atoms with Crippen molar-refractivity contribution in [2.24, 2.45) is 0 Å². The van der Waals surface area contributed by atoms with Gasteiger partial charge in [-0.3, -0.25) is 0 Å². The van der Waals surface area contributed by atoms with Gasteiger partial charge >= 0.3 is 0 Å². The number of hydrogen-bond acceptors (Lipinski definition) is 1. The van der Waals surface area contributed by atoms with E-state index >= 15 is 0 Å². The quantitative estimate of drug-likeness (QED) is 0.504. The molecule has 0 saturated carbocycles. The number of hydrogen-bond donors (Lipinski definition) is 1. The average molecular weight is 284 g/mol. The van der Waals surface area contributed by atoms with E-state index in [4.69, 9.17) is 0 Å². The van der Waals surface area contributed by atoms with E-state index in [1.807, 2.05) is 18.2 Å². The first kappa shape index (κ1) is 13.1. The molecule has 0 spiro atoms. The normalized spacial score (nSPS) is 11.1. The van der Waals surface area contributed by atoms with Crippen molar-refractivity contribution in [2.45, 2.75) is 6.61 Å². The van der Waals surface area contributed by atoms with E-state index in [0.29, 0.717) is 0 Å². The van der Waals surface area contributed by atoms with Crippen LogP contribution in [-0.4, -0.2) is 5.11 Å². The van der Waals surface area contributed by atoms with Gasteiger partial charge in [0.25, 0.3) is 0 Å². The zero-order chi connectivity index (χ0) is 14.9. The average Bonchev–Trinajstić information content (AvgIpc) is 2.59. The van der Waals surface area contributed by atoms with Crippen LogP contribution in [0.1, 0.15) is 5.56 Å². The third kappa shape index (κ3) is 1.99. The standard InChI is InChI=1S/C21H16O/c22-14-17-9-3-6-12-20(17)21-18-10-4-1-7-15(18)13-16-8-2-5-11-19(16)21/h1-13,22H,14H2. The summed E-state index contributed by atoms with van der Waals surface area (Å²) in [6, 6.07) is 27.2. The van der Waals surface area contributed by atoms with Crippen LogP contribution in [0.4, 0.5) is 0 Å². The van der Waals surface area contributed by atoms with Crippen LogP contribution < -0.4 is 0 Å². The number of benzene rings is 4. The Bertz CT molecular complexity index is 916. The van der Waals surface area contributed by atoms with Crippen LogP contribution in [0.5, 0.6) is 0 Å². The van der Waals surface area contributed by atoms with Gasteiger partial charge in [-0.05, 0) is 44.3 Å². The highest BCUT2D eigenvalue weighted by Crippen LogP contribution is 2.37. The van der Waals surface area contributed by atoms with Crippen LogP contribution in [0.2, 0.25) is 0 Å². The molecule has 0 unspecified atom stereocenters. The van der Waals surface area contributed by atoms with Crippen molar-refractivity contribution in [1.29, 1.82) is 0 Å². The van der Waals surface area contributed by atoms with Crippen LogP contribution in [0.3, 0.4) is 0 Å². The molecule has 0 fully saturated rings. The molecule has 0 amide bonds. The Balaban J connectivity index is 2.22. The second-order valence-corrected chi connectivity index (χ2v) is 5.51. The number of aliphatic hydroxyl groups is 1. The summed E-state index contributed by atoms with van der Waals surface area (Å²) >= 11 is 0. The Morgan fingerprint density at radius 2 is 1.18 bits per heavy atom. The van der Waals surface area contributed by atoms with Crippen molar-refractivity contribution in [2.75, 3.05) is 0 Å². The molecule has 0 atom stereocenters. The van der Waals surface area contributed by atoms with E-state index in [1.165, 1.54) is 27.1 Å². The molecule has 0 heterocycles. The number of fused-ring (bicyclic) bond motifs is 2. The van der Waals surface area contributed by atoms with Crippen LogP contribution in [0.15, 0.2) is 78.9 Å². The van der Waals surface area contributed by atoms with E-state index in [1.54, 1.807) is 0 Å². The van der Waals surface area contributed by atoms with E-state index < -0.39 is 0 Å². The molecule has 0 aromatic heterocycles. The lowest BCUT2D eigenvalue weighted by atomic mass is 9.90. The van der Waals surface area contributed by atoms with E-state index in [0.717, 1.165) is 11.1 Å². The largest absolute Gasteiger partial charge is 0.392 e. The molecule has 4 rings (SSSR count). The molecule has 106 valence electrons. The van der Waals surface area contributed by atoms with Gasteiger partial charge in [-0.25, -0.2) is 0 Å². The summed E-state index contributed by atoms with van der Waals surface area (Å²) in [4.78, 5) is 0. The fourth-order valence-corrected chi connectivity index (χ4v) is 3.21. The maximum Gasteiger partial charge on any atom is 0.0687 e. The Morgan fingerprint density at radius 1 is 0.636 bits per heavy atom. The Morgan fingerprint density at radius 3 is 1.82 bits per heavy atom. The minimum Gasteiger partial charge on any atom is -0.392 e. The van der Waals surface area contributed by atoms with Gasteiger partial charge in [0.15, 0.2) is 0 Å². The van der Waals surface area contributed by atoms with Gasteiger partial charge in [-0.15, -0.1) is 0 Å². The first-order chi connectivity index (χ1) is 10.9. The smallest absolute Gasteiger partial charge is 0.0687 e. The summed E-state index contributed by atoms with van der Waals surface area (Å²) in [5.41, 5.74) is 3.28. The second-order valence-electron chi connectivity index (χ2n) is 5.51. The highest BCUT2D eigenvalue weighted by molar-refractivity contribution is 6.13. The van der Waals surface area contributed by atoms with Gasteiger partial charge in [0, 0.05) is 0 Å². The molecule has 1 N–H and O–H groups in total. The van der Waals surface area contributed by atoms with Crippen LogP contribution in [0.25, 0.3) is 32.7 Å². The third-order valence-corrected chi connectivity index (χ3v) is 4.23. The minimum atomic E-state index is 0.0493. The highest BCUT2D eigenvalue weighted by atomic mass is 16.3. The summed E-state index contributed by atoms with van der Waals surface area (Å²) in [5, 5.41) is 14.6. The molecule has 4 aromatic rings. The van der Waals surface area contributed by atoms with Gasteiger partial charge in [-0.1, -0.05) is 72.8 Å². The van der Waals surface area contributed by atoms with E-state index in [2.05, 4.69) is 60.7 Å². The van der Waals surface area contributed by atoms with Crippen molar-refractivity contribution >= 4 is 21.5 Å². The lowest BCUT2D eigenvalue weighted by Gasteiger charge is -2.14. The fourth-order valence-electron chi connectivity index (χ4n) is 3.21. The number of rotatable bonds is 2. The summed E-state index contributed by atoms with van der Waals surface area (Å²) in [7, 11) is 0. The zero-order valence-electron chi connectivity index (χ0n) is 12.2. The molecule has 0 radical (unpaired) electrons. The van der Waals surface area contributed by atoms with Gasteiger partial charge in [0.05, 0.1) is 6.61 Å². The lowest BCUT2D eigenvalue weighted by molar-refractivity contribution is 0.282. The van der Waals surface area contributed by atoms with E-state index in [-0.39, 0.29) is 6.61 Å². The maximum atomic E-state index is 9.72. The lowest BCUT2D eigenvalue weighted by Crippen LogP contribution is -1.91. The molecule has 0 aliphatic heterocycles.